The van der Waals surface area contributed by atoms with E-state index in [1.165, 1.54) is 0 Å². The van der Waals surface area contributed by atoms with Crippen LogP contribution in [-0.2, 0) is 9.53 Å². The van der Waals surface area contributed by atoms with Crippen LogP contribution in [0.25, 0.3) is 11.0 Å². The summed E-state index contributed by atoms with van der Waals surface area (Å²) in [5.41, 5.74) is 3.55. The molecule has 1 atom stereocenters. The molecule has 32 heavy (non-hydrogen) atoms. The van der Waals surface area contributed by atoms with Gasteiger partial charge in [-0.1, -0.05) is 12.1 Å². The Hall–Kier alpha value is -3.68. The van der Waals surface area contributed by atoms with Gasteiger partial charge in [-0.15, -0.1) is 0 Å². The molecule has 8 nitrogen and oxygen atoms in total. The highest BCUT2D eigenvalue weighted by Gasteiger charge is 2.37. The maximum Gasteiger partial charge on any atom is 0.338 e. The zero-order chi connectivity index (χ0) is 23.0. The van der Waals surface area contributed by atoms with E-state index in [1.54, 1.807) is 27.4 Å². The third-order valence-corrected chi connectivity index (χ3v) is 5.42. The van der Waals surface area contributed by atoms with Crippen LogP contribution < -0.4 is 19.5 Å². The number of aromatic nitrogens is 2. The standard InChI is InChI=1S/C24H27N3O5/c1-13(2)32-23(28)21-14(3)25-24-26-16-9-7-8-10-17(16)27(24)22(21)15-11-19(30-5)20(31-6)12-18(15)29-4/h7-13,22H,1-6H3,(H,25,26)/t22-/m1/s1. The third-order valence-electron chi connectivity index (χ3n) is 5.42. The normalized spacial score (nSPS) is 15.4. The van der Waals surface area contributed by atoms with Gasteiger partial charge < -0.3 is 24.3 Å². The van der Waals surface area contributed by atoms with Crippen molar-refractivity contribution in [2.75, 3.05) is 26.6 Å². The summed E-state index contributed by atoms with van der Waals surface area (Å²) in [7, 11) is 4.73. The van der Waals surface area contributed by atoms with Crippen LogP contribution in [0, 0.1) is 0 Å². The molecule has 2 aromatic carbocycles. The highest BCUT2D eigenvalue weighted by atomic mass is 16.5. The van der Waals surface area contributed by atoms with E-state index in [1.807, 2.05) is 55.7 Å². The molecular weight excluding hydrogens is 410 g/mol. The van der Waals surface area contributed by atoms with Crippen LogP contribution in [-0.4, -0.2) is 43.0 Å². The van der Waals surface area contributed by atoms with E-state index in [9.17, 15) is 4.79 Å². The Balaban J connectivity index is 2.03. The van der Waals surface area contributed by atoms with Crippen molar-refractivity contribution in [2.45, 2.75) is 32.9 Å². The van der Waals surface area contributed by atoms with Crippen molar-refractivity contribution in [2.24, 2.45) is 0 Å². The second-order valence-corrected chi connectivity index (χ2v) is 7.76. The van der Waals surface area contributed by atoms with Gasteiger partial charge in [0, 0.05) is 17.3 Å². The Morgan fingerprint density at radius 2 is 1.69 bits per heavy atom. The van der Waals surface area contributed by atoms with Crippen LogP contribution in [0.3, 0.4) is 0 Å². The van der Waals surface area contributed by atoms with Crippen molar-refractivity contribution in [3.05, 3.63) is 53.2 Å². The van der Waals surface area contributed by atoms with E-state index < -0.39 is 12.0 Å². The van der Waals surface area contributed by atoms with Crippen LogP contribution in [0.2, 0.25) is 0 Å². The minimum Gasteiger partial charge on any atom is -0.496 e. The minimum atomic E-state index is -0.556. The van der Waals surface area contributed by atoms with Crippen LogP contribution >= 0.6 is 0 Å². The van der Waals surface area contributed by atoms with E-state index >= 15 is 0 Å². The summed E-state index contributed by atoms with van der Waals surface area (Å²) in [6.45, 7) is 5.50. The van der Waals surface area contributed by atoms with Gasteiger partial charge in [-0.3, -0.25) is 4.57 Å². The number of methoxy groups -OCH3 is 3. The molecule has 3 aromatic rings. The van der Waals surface area contributed by atoms with Gasteiger partial charge in [-0.25, -0.2) is 9.78 Å². The fourth-order valence-electron chi connectivity index (χ4n) is 4.07. The van der Waals surface area contributed by atoms with E-state index in [0.717, 1.165) is 16.6 Å². The molecule has 0 saturated heterocycles. The molecule has 168 valence electrons. The predicted octanol–water partition coefficient (Wildman–Crippen LogP) is 4.30. The van der Waals surface area contributed by atoms with E-state index in [-0.39, 0.29) is 6.10 Å². The number of hydrogen-bond donors (Lipinski definition) is 1. The number of ether oxygens (including phenoxy) is 4. The number of allylic oxidation sites excluding steroid dienone is 1. The summed E-state index contributed by atoms with van der Waals surface area (Å²) in [6.07, 6.45) is -0.267. The average molecular weight is 437 g/mol. The summed E-state index contributed by atoms with van der Waals surface area (Å²) in [4.78, 5) is 18.0. The van der Waals surface area contributed by atoms with Crippen molar-refractivity contribution in [1.82, 2.24) is 9.55 Å². The molecule has 2 heterocycles. The molecule has 1 aliphatic heterocycles. The number of nitrogens with zero attached hydrogens (tertiary/aromatic N) is 2. The van der Waals surface area contributed by atoms with Crippen LogP contribution in [0.1, 0.15) is 32.4 Å². The summed E-state index contributed by atoms with van der Waals surface area (Å²) < 4.78 is 24.3. The molecule has 0 aliphatic carbocycles. The lowest BCUT2D eigenvalue weighted by Crippen LogP contribution is -2.30. The molecule has 0 fully saturated rings. The van der Waals surface area contributed by atoms with Gasteiger partial charge >= 0.3 is 5.97 Å². The molecule has 0 bridgehead atoms. The molecule has 0 saturated carbocycles. The van der Waals surface area contributed by atoms with Gasteiger partial charge in [-0.2, -0.15) is 0 Å². The van der Waals surface area contributed by atoms with Gasteiger partial charge in [0.05, 0.1) is 50.1 Å². The quantitative estimate of drug-likeness (QED) is 0.576. The number of carbonyl (C=O) groups is 1. The Morgan fingerprint density at radius 1 is 1.03 bits per heavy atom. The Morgan fingerprint density at radius 3 is 2.34 bits per heavy atom. The Kier molecular flexibility index (Phi) is 5.69. The zero-order valence-corrected chi connectivity index (χ0v) is 19.1. The van der Waals surface area contributed by atoms with Gasteiger partial charge in [0.15, 0.2) is 11.5 Å². The zero-order valence-electron chi connectivity index (χ0n) is 19.1. The SMILES string of the molecule is COc1cc(OC)c([C@@H]2C(C(=O)OC(C)C)=C(C)Nc3nc4ccccc4n32)cc1OC. The second-order valence-electron chi connectivity index (χ2n) is 7.76. The fourth-order valence-corrected chi connectivity index (χ4v) is 4.07. The van der Waals surface area contributed by atoms with Crippen molar-refractivity contribution in [3.63, 3.8) is 0 Å². The first kappa shape index (κ1) is 21.5. The van der Waals surface area contributed by atoms with E-state index in [0.29, 0.717) is 34.5 Å². The van der Waals surface area contributed by atoms with Gasteiger partial charge in [0.25, 0.3) is 0 Å². The van der Waals surface area contributed by atoms with E-state index in [2.05, 4.69) is 5.32 Å². The second kappa shape index (κ2) is 8.45. The highest BCUT2D eigenvalue weighted by Crippen LogP contribution is 2.46. The number of anilines is 1. The number of carbonyl (C=O) groups excluding carboxylic acids is 1. The summed E-state index contributed by atoms with van der Waals surface area (Å²) in [6, 6.07) is 10.8. The summed E-state index contributed by atoms with van der Waals surface area (Å²) >= 11 is 0. The third kappa shape index (κ3) is 3.51. The van der Waals surface area contributed by atoms with Crippen LogP contribution in [0.15, 0.2) is 47.7 Å². The first-order valence-corrected chi connectivity index (χ1v) is 10.3. The van der Waals surface area contributed by atoms with Crippen molar-refractivity contribution in [3.8, 4) is 17.2 Å². The maximum atomic E-state index is 13.3. The lowest BCUT2D eigenvalue weighted by atomic mass is 9.93. The Labute approximate surface area is 186 Å². The van der Waals surface area contributed by atoms with Gasteiger partial charge in [0.1, 0.15) is 5.75 Å². The summed E-state index contributed by atoms with van der Waals surface area (Å²) in [5.74, 6) is 1.84. The number of nitrogens with one attached hydrogen (secondary N) is 1. The highest BCUT2D eigenvalue weighted by molar-refractivity contribution is 5.94. The molecular formula is C24H27N3O5. The Bertz CT molecular complexity index is 1210. The average Bonchev–Trinajstić information content (AvgIpc) is 3.14. The number of esters is 1. The number of benzene rings is 2. The van der Waals surface area contributed by atoms with Gasteiger partial charge in [-0.05, 0) is 39.0 Å². The molecule has 1 aliphatic rings. The molecule has 0 amide bonds. The number of hydrogen-bond acceptors (Lipinski definition) is 7. The molecule has 1 aromatic heterocycles. The molecule has 8 heteroatoms. The smallest absolute Gasteiger partial charge is 0.338 e. The van der Waals surface area contributed by atoms with Crippen molar-refractivity contribution in [1.29, 1.82) is 0 Å². The molecule has 0 unspecified atom stereocenters. The van der Waals surface area contributed by atoms with Crippen LogP contribution in [0.5, 0.6) is 17.2 Å². The first-order chi connectivity index (χ1) is 15.4. The minimum absolute atomic E-state index is 0.267. The molecule has 0 spiro atoms. The van der Waals surface area contributed by atoms with Crippen molar-refractivity contribution >= 4 is 23.0 Å². The predicted molar refractivity (Wildman–Crippen MR) is 122 cm³/mol. The fraction of sp³-hybridized carbons (Fsp3) is 0.333. The number of imidazole rings is 1. The lowest BCUT2D eigenvalue weighted by Gasteiger charge is -2.31. The maximum absolute atomic E-state index is 13.3. The monoisotopic (exact) mass is 437 g/mol. The topological polar surface area (TPSA) is 83.8 Å². The molecule has 4 rings (SSSR count). The number of rotatable bonds is 6. The first-order valence-electron chi connectivity index (χ1n) is 10.3. The van der Waals surface area contributed by atoms with E-state index in [4.69, 9.17) is 23.9 Å². The number of fused-ring (bicyclic) bond motifs is 3. The summed E-state index contributed by atoms with van der Waals surface area (Å²) in [5, 5.41) is 3.28. The molecule has 1 N–H and O–H groups in total. The van der Waals surface area contributed by atoms with Gasteiger partial charge in [0.2, 0.25) is 5.95 Å². The largest absolute Gasteiger partial charge is 0.496 e. The lowest BCUT2D eigenvalue weighted by molar-refractivity contribution is -0.143. The number of para-hydroxylation sites is 2. The van der Waals surface area contributed by atoms with Crippen LogP contribution in [0.4, 0.5) is 5.95 Å². The van der Waals surface area contributed by atoms with Crippen molar-refractivity contribution < 1.29 is 23.7 Å². The molecule has 0 radical (unpaired) electrons.